The van der Waals surface area contributed by atoms with E-state index in [1.807, 2.05) is 25.5 Å². The van der Waals surface area contributed by atoms with Gasteiger partial charge in [0.2, 0.25) is 5.78 Å². The molecule has 0 spiro atoms. The van der Waals surface area contributed by atoms with Crippen LogP contribution in [0.2, 0.25) is 0 Å². The van der Waals surface area contributed by atoms with Crippen LogP contribution in [0.15, 0.2) is 30.3 Å². The summed E-state index contributed by atoms with van der Waals surface area (Å²) in [6, 6.07) is 8.30. The Morgan fingerprint density at radius 1 is 1.08 bits per heavy atom. The number of ether oxygens (including phenoxy) is 2. The zero-order chi connectivity index (χ0) is 18.6. The molecule has 1 aromatic carbocycles. The molecular weight excluding hydrogens is 322 g/mol. The molecule has 132 valence electrons. The SMILES string of the molecule is CC(=O)c1cccc(OCC(=O)OCC(=O)c2cc(C)n(C)c2C)c1. The van der Waals surface area contributed by atoms with Gasteiger partial charge in [0.05, 0.1) is 0 Å². The van der Waals surface area contributed by atoms with Crippen molar-refractivity contribution in [2.45, 2.75) is 20.8 Å². The number of ketones is 2. The molecule has 6 nitrogen and oxygen atoms in total. The Hall–Kier alpha value is -2.89. The summed E-state index contributed by atoms with van der Waals surface area (Å²) in [7, 11) is 1.87. The Morgan fingerprint density at radius 3 is 2.40 bits per heavy atom. The summed E-state index contributed by atoms with van der Waals surface area (Å²) in [4.78, 5) is 35.2. The number of hydrogen-bond donors (Lipinski definition) is 0. The van der Waals surface area contributed by atoms with Crippen molar-refractivity contribution in [2.75, 3.05) is 13.2 Å². The van der Waals surface area contributed by atoms with Crippen LogP contribution in [-0.2, 0) is 16.6 Å². The van der Waals surface area contributed by atoms with Crippen molar-refractivity contribution in [2.24, 2.45) is 7.05 Å². The minimum atomic E-state index is -0.646. The molecule has 2 rings (SSSR count). The molecule has 0 saturated carbocycles. The van der Waals surface area contributed by atoms with Crippen LogP contribution in [0, 0.1) is 13.8 Å². The number of aromatic nitrogens is 1. The summed E-state index contributed by atoms with van der Waals surface area (Å²) in [5.41, 5.74) is 2.83. The van der Waals surface area contributed by atoms with Gasteiger partial charge in [0, 0.05) is 29.6 Å². The van der Waals surface area contributed by atoms with Crippen LogP contribution in [-0.4, -0.2) is 35.3 Å². The zero-order valence-corrected chi connectivity index (χ0v) is 14.8. The Labute approximate surface area is 146 Å². The number of nitrogens with zero attached hydrogens (tertiary/aromatic N) is 1. The molecule has 0 radical (unpaired) electrons. The van der Waals surface area contributed by atoms with Crippen molar-refractivity contribution in [1.82, 2.24) is 4.57 Å². The molecule has 1 heterocycles. The minimum absolute atomic E-state index is 0.0906. The first-order chi connectivity index (χ1) is 11.8. The van der Waals surface area contributed by atoms with Crippen LogP contribution in [0.1, 0.15) is 39.0 Å². The van der Waals surface area contributed by atoms with E-state index < -0.39 is 5.97 Å². The maximum atomic E-state index is 12.2. The number of Topliss-reactive ketones (excluding diaryl/α,β-unsaturated/α-hetero) is 2. The van der Waals surface area contributed by atoms with Crippen LogP contribution in [0.3, 0.4) is 0 Å². The number of aryl methyl sites for hydroxylation is 1. The van der Waals surface area contributed by atoms with Gasteiger partial charge in [-0.05, 0) is 39.0 Å². The van der Waals surface area contributed by atoms with E-state index in [-0.39, 0.29) is 24.8 Å². The first kappa shape index (κ1) is 18.4. The number of hydrogen-bond acceptors (Lipinski definition) is 5. The summed E-state index contributed by atoms with van der Waals surface area (Å²) >= 11 is 0. The quantitative estimate of drug-likeness (QED) is 0.571. The Kier molecular flexibility index (Phi) is 5.75. The largest absolute Gasteiger partial charge is 0.482 e. The van der Waals surface area contributed by atoms with Crippen LogP contribution in [0.5, 0.6) is 5.75 Å². The molecule has 0 saturated heterocycles. The molecule has 0 aliphatic heterocycles. The van der Waals surface area contributed by atoms with E-state index in [0.29, 0.717) is 16.9 Å². The van der Waals surface area contributed by atoms with Crippen molar-refractivity contribution in [3.05, 3.63) is 52.8 Å². The molecule has 0 aliphatic carbocycles. The monoisotopic (exact) mass is 343 g/mol. The van der Waals surface area contributed by atoms with Crippen molar-refractivity contribution < 1.29 is 23.9 Å². The lowest BCUT2D eigenvalue weighted by Gasteiger charge is -2.07. The molecule has 2 aromatic rings. The van der Waals surface area contributed by atoms with Crippen LogP contribution < -0.4 is 4.74 Å². The van der Waals surface area contributed by atoms with Crippen molar-refractivity contribution in [3.63, 3.8) is 0 Å². The molecular formula is C19H21NO5. The fraction of sp³-hybridized carbons (Fsp3) is 0.316. The first-order valence-electron chi connectivity index (χ1n) is 7.85. The van der Waals surface area contributed by atoms with Gasteiger partial charge in [0.25, 0.3) is 0 Å². The molecule has 0 unspecified atom stereocenters. The van der Waals surface area contributed by atoms with Crippen molar-refractivity contribution in [3.8, 4) is 5.75 Å². The summed E-state index contributed by atoms with van der Waals surface area (Å²) in [6.45, 7) is 4.53. The lowest BCUT2D eigenvalue weighted by Crippen LogP contribution is -2.19. The highest BCUT2D eigenvalue weighted by Gasteiger charge is 2.16. The van der Waals surface area contributed by atoms with E-state index in [2.05, 4.69) is 0 Å². The standard InChI is InChI=1S/C19H21NO5/c1-12-8-17(13(2)20(12)4)18(22)10-25-19(23)11-24-16-7-5-6-15(9-16)14(3)21/h5-9H,10-11H2,1-4H3. The Balaban J connectivity index is 1.86. The molecule has 25 heavy (non-hydrogen) atoms. The van der Waals surface area contributed by atoms with Crippen LogP contribution in [0.25, 0.3) is 0 Å². The van der Waals surface area contributed by atoms with Gasteiger partial charge in [-0.1, -0.05) is 12.1 Å². The predicted octanol–water partition coefficient (Wildman–Crippen LogP) is 2.65. The fourth-order valence-corrected chi connectivity index (χ4v) is 2.35. The van der Waals surface area contributed by atoms with Gasteiger partial charge in [-0.2, -0.15) is 0 Å². The predicted molar refractivity (Wildman–Crippen MR) is 92.1 cm³/mol. The molecule has 0 atom stereocenters. The highest BCUT2D eigenvalue weighted by molar-refractivity contribution is 5.99. The third-order valence-electron chi connectivity index (χ3n) is 4.04. The van der Waals surface area contributed by atoms with E-state index in [1.54, 1.807) is 30.3 Å². The Morgan fingerprint density at radius 2 is 1.80 bits per heavy atom. The second kappa shape index (κ2) is 7.79. The highest BCUT2D eigenvalue weighted by atomic mass is 16.6. The summed E-state index contributed by atoms with van der Waals surface area (Å²) in [5.74, 6) is -0.599. The molecule has 1 aromatic heterocycles. The van der Waals surface area contributed by atoms with Gasteiger partial charge in [0.1, 0.15) is 5.75 Å². The lowest BCUT2D eigenvalue weighted by molar-refractivity contribution is -0.144. The number of esters is 1. The first-order valence-corrected chi connectivity index (χ1v) is 7.85. The van der Waals surface area contributed by atoms with Gasteiger partial charge in [-0.25, -0.2) is 4.79 Å². The summed E-state index contributed by atoms with van der Waals surface area (Å²) in [6.07, 6.45) is 0. The van der Waals surface area contributed by atoms with Gasteiger partial charge in [0.15, 0.2) is 19.0 Å². The second-order valence-corrected chi connectivity index (χ2v) is 5.80. The third-order valence-corrected chi connectivity index (χ3v) is 4.04. The third kappa shape index (κ3) is 4.56. The highest BCUT2D eigenvalue weighted by Crippen LogP contribution is 2.15. The van der Waals surface area contributed by atoms with E-state index in [1.165, 1.54) is 6.92 Å². The van der Waals surface area contributed by atoms with Gasteiger partial charge in [-0.15, -0.1) is 0 Å². The summed E-state index contributed by atoms with van der Waals surface area (Å²) in [5, 5.41) is 0. The molecule has 0 bridgehead atoms. The zero-order valence-electron chi connectivity index (χ0n) is 14.8. The number of carbonyl (C=O) groups excluding carboxylic acids is 3. The molecule has 0 N–H and O–H groups in total. The Bertz CT molecular complexity index is 819. The molecule has 6 heteroatoms. The maximum absolute atomic E-state index is 12.2. The van der Waals surface area contributed by atoms with Crippen molar-refractivity contribution >= 4 is 17.5 Å². The fourth-order valence-electron chi connectivity index (χ4n) is 2.35. The molecule has 0 aliphatic rings. The van der Waals surface area contributed by atoms with E-state index in [0.717, 1.165) is 11.4 Å². The van der Waals surface area contributed by atoms with E-state index >= 15 is 0 Å². The molecule has 0 amide bonds. The number of benzene rings is 1. The van der Waals surface area contributed by atoms with Gasteiger partial charge in [-0.3, -0.25) is 9.59 Å². The average molecular weight is 343 g/mol. The smallest absolute Gasteiger partial charge is 0.344 e. The van der Waals surface area contributed by atoms with E-state index in [9.17, 15) is 14.4 Å². The van der Waals surface area contributed by atoms with Crippen LogP contribution >= 0.6 is 0 Å². The van der Waals surface area contributed by atoms with Gasteiger partial charge < -0.3 is 14.0 Å². The molecule has 0 fully saturated rings. The number of rotatable bonds is 7. The summed E-state index contributed by atoms with van der Waals surface area (Å²) < 4.78 is 12.2. The lowest BCUT2D eigenvalue weighted by atomic mass is 10.1. The van der Waals surface area contributed by atoms with Gasteiger partial charge >= 0.3 is 5.97 Å². The van der Waals surface area contributed by atoms with E-state index in [4.69, 9.17) is 9.47 Å². The van der Waals surface area contributed by atoms with Crippen molar-refractivity contribution in [1.29, 1.82) is 0 Å². The number of carbonyl (C=O) groups is 3. The second-order valence-electron chi connectivity index (χ2n) is 5.80. The normalized spacial score (nSPS) is 10.4. The minimum Gasteiger partial charge on any atom is -0.482 e. The topological polar surface area (TPSA) is 74.6 Å². The maximum Gasteiger partial charge on any atom is 0.344 e. The van der Waals surface area contributed by atoms with Crippen LogP contribution in [0.4, 0.5) is 0 Å². The average Bonchev–Trinajstić information content (AvgIpc) is 2.85.